The largest absolute Gasteiger partial charge is 0.448 e. The Morgan fingerprint density at radius 1 is 1.32 bits per heavy atom. The van der Waals surface area contributed by atoms with Gasteiger partial charge in [-0.05, 0) is 24.2 Å². The van der Waals surface area contributed by atoms with E-state index in [9.17, 15) is 8.78 Å². The number of benzene rings is 1. The van der Waals surface area contributed by atoms with E-state index in [1.807, 2.05) is 6.92 Å². The van der Waals surface area contributed by atoms with Crippen LogP contribution in [0.5, 0.6) is 11.5 Å². The second kappa shape index (κ2) is 5.79. The fourth-order valence-electron chi connectivity index (χ4n) is 1.65. The van der Waals surface area contributed by atoms with Crippen LogP contribution in [-0.2, 0) is 13.6 Å². The zero-order chi connectivity index (χ0) is 13.8. The molecule has 0 aliphatic rings. The summed E-state index contributed by atoms with van der Waals surface area (Å²) in [6.45, 7) is 3.07. The summed E-state index contributed by atoms with van der Waals surface area (Å²) in [6.07, 6.45) is 2.93. The van der Waals surface area contributed by atoms with Crippen molar-refractivity contribution in [1.29, 1.82) is 0 Å². The number of hydrogen-bond acceptors (Lipinski definition) is 3. The van der Waals surface area contributed by atoms with Gasteiger partial charge < -0.3 is 10.1 Å². The third-order valence-electron chi connectivity index (χ3n) is 2.54. The third-order valence-corrected chi connectivity index (χ3v) is 2.54. The summed E-state index contributed by atoms with van der Waals surface area (Å²) in [7, 11) is 1.69. The van der Waals surface area contributed by atoms with Crippen LogP contribution in [0.15, 0.2) is 24.5 Å². The van der Waals surface area contributed by atoms with E-state index in [-0.39, 0.29) is 0 Å². The molecule has 0 saturated heterocycles. The zero-order valence-electron chi connectivity index (χ0n) is 10.8. The van der Waals surface area contributed by atoms with E-state index in [0.717, 1.165) is 6.54 Å². The molecule has 0 aliphatic heterocycles. The second-order valence-electron chi connectivity index (χ2n) is 4.12. The molecule has 2 rings (SSSR count). The molecule has 19 heavy (non-hydrogen) atoms. The first-order valence-corrected chi connectivity index (χ1v) is 5.95. The van der Waals surface area contributed by atoms with Crippen molar-refractivity contribution in [3.05, 3.63) is 41.7 Å². The molecule has 1 aromatic heterocycles. The first-order chi connectivity index (χ1) is 9.10. The van der Waals surface area contributed by atoms with Gasteiger partial charge in [-0.2, -0.15) is 5.10 Å². The topological polar surface area (TPSA) is 39.1 Å². The number of aryl methyl sites for hydroxylation is 1. The highest BCUT2D eigenvalue weighted by atomic mass is 19.1. The zero-order valence-corrected chi connectivity index (χ0v) is 10.8. The third kappa shape index (κ3) is 3.29. The molecule has 0 atom stereocenters. The second-order valence-corrected chi connectivity index (χ2v) is 4.12. The molecule has 0 amide bonds. The predicted molar refractivity (Wildman–Crippen MR) is 67.0 cm³/mol. The minimum atomic E-state index is -0.725. The summed E-state index contributed by atoms with van der Waals surface area (Å²) in [5.41, 5.74) is 0.537. The van der Waals surface area contributed by atoms with Gasteiger partial charge in [0.15, 0.2) is 23.1 Å². The maximum atomic E-state index is 13.8. The summed E-state index contributed by atoms with van der Waals surface area (Å²) >= 11 is 0. The van der Waals surface area contributed by atoms with Gasteiger partial charge in [-0.3, -0.25) is 4.68 Å². The van der Waals surface area contributed by atoms with Crippen molar-refractivity contribution in [1.82, 2.24) is 15.1 Å². The lowest BCUT2D eigenvalue weighted by Gasteiger charge is -2.08. The van der Waals surface area contributed by atoms with Crippen LogP contribution in [0.4, 0.5) is 8.78 Å². The van der Waals surface area contributed by atoms with Gasteiger partial charge in [0.1, 0.15) is 0 Å². The van der Waals surface area contributed by atoms with E-state index < -0.39 is 17.4 Å². The number of nitrogens with one attached hydrogen (secondary N) is 1. The molecule has 0 radical (unpaired) electrons. The van der Waals surface area contributed by atoms with E-state index in [1.54, 1.807) is 7.05 Å². The Kier molecular flexibility index (Phi) is 4.11. The monoisotopic (exact) mass is 267 g/mol. The minimum absolute atomic E-state index is 0.291. The number of halogens is 2. The highest BCUT2D eigenvalue weighted by Crippen LogP contribution is 2.28. The number of hydrogen-bond donors (Lipinski definition) is 1. The average Bonchev–Trinajstić information content (AvgIpc) is 2.77. The molecule has 2 aromatic rings. The molecule has 0 bridgehead atoms. The van der Waals surface area contributed by atoms with Crippen molar-refractivity contribution < 1.29 is 13.5 Å². The number of aromatic nitrogens is 2. The maximum absolute atomic E-state index is 13.8. The summed E-state index contributed by atoms with van der Waals surface area (Å²) < 4.78 is 34.3. The Bertz CT molecular complexity index is 546. The lowest BCUT2D eigenvalue weighted by atomic mass is 10.2. The lowest BCUT2D eigenvalue weighted by molar-refractivity contribution is 0.406. The van der Waals surface area contributed by atoms with Gasteiger partial charge in [0.05, 0.1) is 12.4 Å². The maximum Gasteiger partial charge on any atom is 0.198 e. The highest BCUT2D eigenvalue weighted by Gasteiger charge is 2.14. The molecule has 4 nitrogen and oxygen atoms in total. The van der Waals surface area contributed by atoms with Crippen molar-refractivity contribution in [3.8, 4) is 11.5 Å². The van der Waals surface area contributed by atoms with Gasteiger partial charge in [0.2, 0.25) is 0 Å². The van der Waals surface area contributed by atoms with Crippen LogP contribution in [-0.4, -0.2) is 16.3 Å². The molecule has 0 aliphatic carbocycles. The molecule has 0 fully saturated rings. The lowest BCUT2D eigenvalue weighted by Crippen LogP contribution is -2.12. The van der Waals surface area contributed by atoms with E-state index in [2.05, 4.69) is 10.4 Å². The van der Waals surface area contributed by atoms with Gasteiger partial charge in [-0.15, -0.1) is 0 Å². The molecular weight excluding hydrogens is 252 g/mol. The van der Waals surface area contributed by atoms with E-state index in [0.29, 0.717) is 17.9 Å². The Hall–Kier alpha value is -1.95. The van der Waals surface area contributed by atoms with Gasteiger partial charge in [0.25, 0.3) is 0 Å². The van der Waals surface area contributed by atoms with Crippen molar-refractivity contribution in [2.24, 2.45) is 7.05 Å². The van der Waals surface area contributed by atoms with Crippen LogP contribution >= 0.6 is 0 Å². The van der Waals surface area contributed by atoms with E-state index >= 15 is 0 Å². The number of rotatable bonds is 5. The normalized spacial score (nSPS) is 10.7. The summed E-state index contributed by atoms with van der Waals surface area (Å²) in [5.74, 6) is -1.57. The molecule has 102 valence electrons. The molecule has 1 aromatic carbocycles. The van der Waals surface area contributed by atoms with Gasteiger partial charge in [0, 0.05) is 13.6 Å². The molecule has 6 heteroatoms. The standard InChI is InChI=1S/C13H15F2N3O/c1-3-16-6-9-4-11(14)13(12(15)5-9)19-10-7-17-18(2)8-10/h4-5,7-8,16H,3,6H2,1-2H3. The smallest absolute Gasteiger partial charge is 0.198 e. The predicted octanol–water partition coefficient (Wildman–Crippen LogP) is 2.60. The summed E-state index contributed by atoms with van der Waals surface area (Å²) in [5, 5.41) is 6.87. The summed E-state index contributed by atoms with van der Waals surface area (Å²) in [4.78, 5) is 0. The Morgan fingerprint density at radius 2 is 2.00 bits per heavy atom. The molecule has 0 unspecified atom stereocenters. The minimum Gasteiger partial charge on any atom is -0.448 e. The quantitative estimate of drug-likeness (QED) is 0.905. The van der Waals surface area contributed by atoms with Crippen LogP contribution in [0.25, 0.3) is 0 Å². The van der Waals surface area contributed by atoms with Crippen LogP contribution in [0.2, 0.25) is 0 Å². The fraction of sp³-hybridized carbons (Fsp3) is 0.308. The van der Waals surface area contributed by atoms with Crippen molar-refractivity contribution in [2.75, 3.05) is 6.54 Å². The average molecular weight is 267 g/mol. The van der Waals surface area contributed by atoms with Gasteiger partial charge >= 0.3 is 0 Å². The highest BCUT2D eigenvalue weighted by molar-refractivity contribution is 5.34. The molecule has 1 N–H and O–H groups in total. The van der Waals surface area contributed by atoms with Crippen LogP contribution in [0.1, 0.15) is 12.5 Å². The Balaban J connectivity index is 2.21. The number of nitrogens with zero attached hydrogens (tertiary/aromatic N) is 2. The SMILES string of the molecule is CCNCc1cc(F)c(Oc2cnn(C)c2)c(F)c1. The fourth-order valence-corrected chi connectivity index (χ4v) is 1.65. The van der Waals surface area contributed by atoms with Gasteiger partial charge in [-0.1, -0.05) is 6.92 Å². The Labute approximate surface area is 110 Å². The Morgan fingerprint density at radius 3 is 2.53 bits per heavy atom. The van der Waals surface area contributed by atoms with E-state index in [4.69, 9.17) is 4.74 Å². The molecular formula is C13H15F2N3O. The van der Waals surface area contributed by atoms with Crippen LogP contribution in [0, 0.1) is 11.6 Å². The number of ether oxygens (including phenoxy) is 1. The first kappa shape index (κ1) is 13.5. The van der Waals surface area contributed by atoms with Crippen LogP contribution < -0.4 is 10.1 Å². The first-order valence-electron chi connectivity index (χ1n) is 5.95. The van der Waals surface area contributed by atoms with Crippen molar-refractivity contribution in [2.45, 2.75) is 13.5 Å². The molecule has 1 heterocycles. The molecule has 0 saturated carbocycles. The van der Waals surface area contributed by atoms with Crippen molar-refractivity contribution >= 4 is 0 Å². The van der Waals surface area contributed by atoms with Crippen LogP contribution in [0.3, 0.4) is 0 Å². The molecule has 0 spiro atoms. The van der Waals surface area contributed by atoms with Gasteiger partial charge in [-0.25, -0.2) is 8.78 Å². The summed E-state index contributed by atoms with van der Waals surface area (Å²) in [6, 6.07) is 2.52. The van der Waals surface area contributed by atoms with Crippen molar-refractivity contribution in [3.63, 3.8) is 0 Å². The van der Waals surface area contributed by atoms with E-state index in [1.165, 1.54) is 29.2 Å².